The van der Waals surface area contributed by atoms with E-state index in [1.54, 1.807) is 0 Å². The third-order valence-corrected chi connectivity index (χ3v) is 2.94. The van der Waals surface area contributed by atoms with E-state index < -0.39 is 0 Å². The van der Waals surface area contributed by atoms with E-state index in [2.05, 4.69) is 6.92 Å². The zero-order valence-corrected chi connectivity index (χ0v) is 10.1. The highest BCUT2D eigenvalue weighted by Crippen LogP contribution is 2.27. The highest BCUT2D eigenvalue weighted by Gasteiger charge is 2.34. The van der Waals surface area contributed by atoms with Crippen molar-refractivity contribution in [3.63, 3.8) is 0 Å². The van der Waals surface area contributed by atoms with Crippen LogP contribution in [0.3, 0.4) is 0 Å². The van der Waals surface area contributed by atoms with Crippen LogP contribution in [0.2, 0.25) is 0 Å². The number of aryl methyl sites for hydroxylation is 1. The number of carbonyl (C=O) groups excluding carboxylic acids is 1. The molecule has 0 aromatic heterocycles. The topological polar surface area (TPSA) is 35.5 Å². The number of aldehydes is 1. The Morgan fingerprint density at radius 2 is 2.29 bits per heavy atom. The Hall–Kier alpha value is -1.35. The van der Waals surface area contributed by atoms with Crippen molar-refractivity contribution in [3.8, 4) is 5.75 Å². The molecule has 1 heterocycles. The van der Waals surface area contributed by atoms with Gasteiger partial charge in [-0.05, 0) is 24.1 Å². The highest BCUT2D eigenvalue weighted by atomic mass is 16.5. The van der Waals surface area contributed by atoms with Crippen LogP contribution in [0, 0.1) is 5.41 Å². The Morgan fingerprint density at radius 1 is 1.47 bits per heavy atom. The Morgan fingerprint density at radius 3 is 2.94 bits per heavy atom. The monoisotopic (exact) mass is 234 g/mol. The second-order valence-electron chi connectivity index (χ2n) is 4.94. The van der Waals surface area contributed by atoms with Crippen molar-refractivity contribution in [1.29, 1.82) is 0 Å². The van der Waals surface area contributed by atoms with Crippen molar-refractivity contribution in [1.82, 2.24) is 0 Å². The van der Waals surface area contributed by atoms with Crippen molar-refractivity contribution < 1.29 is 14.3 Å². The lowest BCUT2D eigenvalue weighted by Gasteiger charge is -2.37. The van der Waals surface area contributed by atoms with Gasteiger partial charge < -0.3 is 14.3 Å². The zero-order valence-electron chi connectivity index (χ0n) is 10.1. The molecule has 1 aliphatic heterocycles. The highest BCUT2D eigenvalue weighted by molar-refractivity contribution is 5.50. The summed E-state index contributed by atoms with van der Waals surface area (Å²) in [6.45, 7) is 4.40. The zero-order chi connectivity index (χ0) is 12.1. The molecule has 1 aromatic rings. The summed E-state index contributed by atoms with van der Waals surface area (Å²) in [7, 11) is 0. The van der Waals surface area contributed by atoms with Crippen LogP contribution >= 0.6 is 0 Å². The summed E-state index contributed by atoms with van der Waals surface area (Å²) in [6, 6.07) is 7.94. The fourth-order valence-electron chi connectivity index (χ4n) is 1.81. The van der Waals surface area contributed by atoms with Gasteiger partial charge in [0.15, 0.2) is 0 Å². The summed E-state index contributed by atoms with van der Waals surface area (Å²) in [5.41, 5.74) is 1.31. The van der Waals surface area contributed by atoms with Crippen molar-refractivity contribution in [2.24, 2.45) is 5.41 Å². The molecule has 1 saturated heterocycles. The standard InChI is InChI=1S/C14H18O3/c1-14(9-16-10-14)11-17-13-6-2-4-12(8-13)5-3-7-15/h2,4,6-8H,3,5,9-11H2,1H3. The lowest BCUT2D eigenvalue weighted by Crippen LogP contribution is -2.44. The lowest BCUT2D eigenvalue weighted by atomic mass is 9.90. The number of hydrogen-bond acceptors (Lipinski definition) is 3. The Labute approximate surface area is 102 Å². The van der Waals surface area contributed by atoms with Crippen LogP contribution in [0.25, 0.3) is 0 Å². The summed E-state index contributed by atoms with van der Waals surface area (Å²) in [5.74, 6) is 0.876. The summed E-state index contributed by atoms with van der Waals surface area (Å²) in [5, 5.41) is 0. The summed E-state index contributed by atoms with van der Waals surface area (Å²) in [4.78, 5) is 10.3. The van der Waals surface area contributed by atoms with Crippen molar-refractivity contribution in [2.75, 3.05) is 19.8 Å². The molecule has 3 nitrogen and oxygen atoms in total. The first-order chi connectivity index (χ1) is 8.22. The molecule has 1 aliphatic rings. The fourth-order valence-corrected chi connectivity index (χ4v) is 1.81. The van der Waals surface area contributed by atoms with Crippen LogP contribution in [0.4, 0.5) is 0 Å². The van der Waals surface area contributed by atoms with Gasteiger partial charge >= 0.3 is 0 Å². The molecule has 0 saturated carbocycles. The molecule has 3 heteroatoms. The largest absolute Gasteiger partial charge is 0.493 e. The van der Waals surface area contributed by atoms with E-state index >= 15 is 0 Å². The van der Waals surface area contributed by atoms with Gasteiger partial charge in [-0.1, -0.05) is 19.1 Å². The van der Waals surface area contributed by atoms with Crippen LogP contribution < -0.4 is 4.74 Å². The molecule has 17 heavy (non-hydrogen) atoms. The van der Waals surface area contributed by atoms with E-state index in [1.807, 2.05) is 24.3 Å². The van der Waals surface area contributed by atoms with Crippen LogP contribution in [0.5, 0.6) is 5.75 Å². The molecule has 0 atom stereocenters. The first kappa shape index (κ1) is 12.1. The molecule has 0 bridgehead atoms. The van der Waals surface area contributed by atoms with Crippen LogP contribution in [-0.4, -0.2) is 26.1 Å². The van der Waals surface area contributed by atoms with Crippen LogP contribution in [0.1, 0.15) is 18.9 Å². The Kier molecular flexibility index (Phi) is 3.79. The minimum Gasteiger partial charge on any atom is -0.493 e. The van der Waals surface area contributed by atoms with Gasteiger partial charge in [-0.3, -0.25) is 0 Å². The fraction of sp³-hybridized carbons (Fsp3) is 0.500. The third-order valence-electron chi connectivity index (χ3n) is 2.94. The second kappa shape index (κ2) is 5.32. The van der Waals surface area contributed by atoms with Gasteiger partial charge in [-0.2, -0.15) is 0 Å². The smallest absolute Gasteiger partial charge is 0.120 e. The number of benzene rings is 1. The normalized spacial score (nSPS) is 17.2. The third kappa shape index (κ3) is 3.30. The predicted molar refractivity (Wildman–Crippen MR) is 65.2 cm³/mol. The maximum Gasteiger partial charge on any atom is 0.120 e. The lowest BCUT2D eigenvalue weighted by molar-refractivity contribution is -0.120. The molecule has 1 fully saturated rings. The summed E-state index contributed by atoms with van der Waals surface area (Å²) in [6.07, 6.45) is 2.29. The van der Waals surface area contributed by atoms with Crippen molar-refractivity contribution in [3.05, 3.63) is 29.8 Å². The van der Waals surface area contributed by atoms with E-state index in [-0.39, 0.29) is 5.41 Å². The molecule has 0 aliphatic carbocycles. The SMILES string of the molecule is CC1(COc2cccc(CCC=O)c2)COC1. The van der Waals surface area contributed by atoms with E-state index in [9.17, 15) is 4.79 Å². The minimum atomic E-state index is 0.165. The maximum absolute atomic E-state index is 10.3. The van der Waals surface area contributed by atoms with Gasteiger partial charge in [0.25, 0.3) is 0 Å². The van der Waals surface area contributed by atoms with Gasteiger partial charge in [-0.25, -0.2) is 0 Å². The molecule has 1 aromatic carbocycles. The molecule has 0 N–H and O–H groups in total. The minimum absolute atomic E-state index is 0.165. The van der Waals surface area contributed by atoms with E-state index in [0.717, 1.165) is 37.2 Å². The molecule has 0 unspecified atom stereocenters. The molecule has 2 rings (SSSR count). The summed E-state index contributed by atoms with van der Waals surface area (Å²) >= 11 is 0. The van der Waals surface area contributed by atoms with Gasteiger partial charge in [0, 0.05) is 11.8 Å². The Bertz CT molecular complexity index is 383. The Balaban J connectivity index is 1.89. The van der Waals surface area contributed by atoms with Crippen LogP contribution in [-0.2, 0) is 16.0 Å². The van der Waals surface area contributed by atoms with Gasteiger partial charge in [0.2, 0.25) is 0 Å². The predicted octanol–water partition coefficient (Wildman–Crippen LogP) is 2.23. The van der Waals surface area contributed by atoms with E-state index in [1.165, 1.54) is 0 Å². The number of hydrogen-bond donors (Lipinski definition) is 0. The quantitative estimate of drug-likeness (QED) is 0.708. The van der Waals surface area contributed by atoms with Crippen molar-refractivity contribution in [2.45, 2.75) is 19.8 Å². The molecule has 92 valence electrons. The first-order valence-electron chi connectivity index (χ1n) is 5.95. The van der Waals surface area contributed by atoms with Gasteiger partial charge in [0.1, 0.15) is 12.0 Å². The van der Waals surface area contributed by atoms with Crippen molar-refractivity contribution >= 4 is 6.29 Å². The van der Waals surface area contributed by atoms with Gasteiger partial charge in [-0.15, -0.1) is 0 Å². The number of rotatable bonds is 6. The van der Waals surface area contributed by atoms with E-state index in [4.69, 9.17) is 9.47 Å². The second-order valence-corrected chi connectivity index (χ2v) is 4.94. The average Bonchev–Trinajstić information content (AvgIpc) is 2.32. The molecule has 0 radical (unpaired) electrons. The average molecular weight is 234 g/mol. The molecular weight excluding hydrogens is 216 g/mol. The molecular formula is C14H18O3. The summed E-state index contributed by atoms with van der Waals surface area (Å²) < 4.78 is 10.9. The van der Waals surface area contributed by atoms with Crippen LogP contribution in [0.15, 0.2) is 24.3 Å². The van der Waals surface area contributed by atoms with E-state index in [0.29, 0.717) is 13.0 Å². The molecule has 0 amide bonds. The maximum atomic E-state index is 10.3. The van der Waals surface area contributed by atoms with Gasteiger partial charge in [0.05, 0.1) is 19.8 Å². The number of ether oxygens (including phenoxy) is 2. The number of carbonyl (C=O) groups is 1. The first-order valence-corrected chi connectivity index (χ1v) is 5.95. The molecule has 0 spiro atoms.